The van der Waals surface area contributed by atoms with Gasteiger partial charge in [-0.1, -0.05) is 66.2 Å². The van der Waals surface area contributed by atoms with E-state index in [1.165, 1.54) is 17.5 Å². The van der Waals surface area contributed by atoms with E-state index in [1.807, 2.05) is 42.5 Å². The molecule has 1 saturated heterocycles. The average molecular weight is 537 g/mol. The minimum absolute atomic E-state index is 0.0982. The average Bonchev–Trinajstić information content (AvgIpc) is 3.52. The molecule has 6 rings (SSSR count). The maximum atomic E-state index is 13.7. The van der Waals surface area contributed by atoms with Crippen LogP contribution in [0.5, 0.6) is 0 Å². The second kappa shape index (κ2) is 11.4. The smallest absolute Gasteiger partial charge is 0.200 e. The molecule has 1 aliphatic heterocycles. The Kier molecular flexibility index (Phi) is 7.34. The van der Waals surface area contributed by atoms with Crippen LogP contribution in [0.25, 0.3) is 16.8 Å². The van der Waals surface area contributed by atoms with Gasteiger partial charge in [0.2, 0.25) is 5.69 Å². The van der Waals surface area contributed by atoms with Gasteiger partial charge in [-0.15, -0.1) is 5.10 Å². The zero-order valence-electron chi connectivity index (χ0n) is 21.5. The maximum Gasteiger partial charge on any atom is 0.200 e. The van der Waals surface area contributed by atoms with Crippen LogP contribution in [0.2, 0.25) is 5.02 Å². The highest BCUT2D eigenvalue weighted by Gasteiger charge is 2.25. The largest absolute Gasteiger partial charge is 0.618 e. The van der Waals surface area contributed by atoms with Crippen LogP contribution in [0.4, 0.5) is 0 Å². The van der Waals surface area contributed by atoms with Crippen molar-refractivity contribution in [2.24, 2.45) is 0 Å². The molecule has 1 unspecified atom stereocenters. The Balaban J connectivity index is 1.40. The Hall–Kier alpha value is -4.07. The summed E-state index contributed by atoms with van der Waals surface area (Å²) >= 11 is 6.35. The van der Waals surface area contributed by atoms with Gasteiger partial charge in [0.1, 0.15) is 6.33 Å². The zero-order valence-corrected chi connectivity index (χ0v) is 22.2. The number of nitrogens with zero attached hydrogens (tertiary/aromatic N) is 5. The molecule has 3 heterocycles. The first-order valence-electron chi connectivity index (χ1n) is 13.3. The number of rotatable bonds is 7. The van der Waals surface area contributed by atoms with Crippen LogP contribution in [0.1, 0.15) is 47.1 Å². The van der Waals surface area contributed by atoms with Crippen molar-refractivity contribution in [2.75, 3.05) is 13.1 Å². The minimum Gasteiger partial charge on any atom is -0.618 e. The Morgan fingerprint density at radius 3 is 2.59 bits per heavy atom. The first kappa shape index (κ1) is 25.2. The van der Waals surface area contributed by atoms with Crippen molar-refractivity contribution < 1.29 is 4.73 Å². The van der Waals surface area contributed by atoms with Crippen molar-refractivity contribution in [3.63, 3.8) is 0 Å². The molecule has 1 aliphatic rings. The number of nitrogens with one attached hydrogen (secondary N) is 1. The number of hydrogen-bond acceptors (Lipinski definition) is 5. The molecule has 1 atom stereocenters. The second-order valence-electron chi connectivity index (χ2n) is 10.0. The van der Waals surface area contributed by atoms with Gasteiger partial charge in [0.05, 0.1) is 11.6 Å². The maximum absolute atomic E-state index is 13.7. The Morgan fingerprint density at radius 1 is 0.974 bits per heavy atom. The van der Waals surface area contributed by atoms with Crippen LogP contribution < -0.4 is 10.0 Å². The molecule has 196 valence electrons. The van der Waals surface area contributed by atoms with Gasteiger partial charge in [-0.25, -0.2) is 0 Å². The molecule has 1 fully saturated rings. The van der Waals surface area contributed by atoms with Crippen LogP contribution in [0.3, 0.4) is 0 Å². The van der Waals surface area contributed by atoms with Gasteiger partial charge < -0.3 is 10.5 Å². The lowest BCUT2D eigenvalue weighted by Gasteiger charge is -2.24. The third kappa shape index (κ3) is 5.55. The lowest BCUT2D eigenvalue weighted by atomic mass is 9.84. The van der Waals surface area contributed by atoms with Gasteiger partial charge in [0.15, 0.2) is 6.20 Å². The monoisotopic (exact) mass is 536 g/mol. The fourth-order valence-electron chi connectivity index (χ4n) is 5.56. The van der Waals surface area contributed by atoms with Crippen LogP contribution in [0.15, 0.2) is 97.5 Å². The van der Waals surface area contributed by atoms with E-state index in [2.05, 4.69) is 57.2 Å². The van der Waals surface area contributed by atoms with Gasteiger partial charge in [-0.3, -0.25) is 0 Å². The minimum atomic E-state index is -0.0982. The zero-order chi connectivity index (χ0) is 26.6. The summed E-state index contributed by atoms with van der Waals surface area (Å²) in [6.07, 6.45) is 6.14. The lowest BCUT2D eigenvalue weighted by Crippen LogP contribution is -2.34. The Labute approximate surface area is 232 Å². The molecule has 0 bridgehead atoms. The van der Waals surface area contributed by atoms with E-state index < -0.39 is 0 Å². The van der Waals surface area contributed by atoms with E-state index in [1.54, 1.807) is 16.9 Å². The molecule has 1 N–H and O–H groups in total. The summed E-state index contributed by atoms with van der Waals surface area (Å²) in [6.45, 7) is 2.08. The van der Waals surface area contributed by atoms with Crippen molar-refractivity contribution in [3.8, 4) is 16.8 Å². The van der Waals surface area contributed by atoms with E-state index in [-0.39, 0.29) is 5.92 Å². The van der Waals surface area contributed by atoms with Gasteiger partial charge in [0.25, 0.3) is 0 Å². The number of aromatic nitrogens is 5. The topological polar surface area (TPSA) is 82.6 Å². The van der Waals surface area contributed by atoms with Crippen molar-refractivity contribution in [1.82, 2.24) is 25.5 Å². The normalized spacial score (nSPS) is 14.8. The molecular formula is C31H29ClN6O. The number of tetrazole rings is 1. The first-order chi connectivity index (χ1) is 19.2. The fourth-order valence-corrected chi connectivity index (χ4v) is 5.73. The molecule has 39 heavy (non-hydrogen) atoms. The highest BCUT2D eigenvalue weighted by molar-refractivity contribution is 6.31. The predicted octanol–water partition coefficient (Wildman–Crippen LogP) is 5.46. The van der Waals surface area contributed by atoms with Crippen molar-refractivity contribution in [1.29, 1.82) is 0 Å². The molecule has 2 aromatic heterocycles. The summed E-state index contributed by atoms with van der Waals surface area (Å²) in [7, 11) is 0. The van der Waals surface area contributed by atoms with E-state index in [0.717, 1.165) is 59.5 Å². The predicted molar refractivity (Wildman–Crippen MR) is 152 cm³/mol. The van der Waals surface area contributed by atoms with Crippen molar-refractivity contribution in [2.45, 2.75) is 31.1 Å². The highest BCUT2D eigenvalue weighted by Crippen LogP contribution is 2.33. The summed E-state index contributed by atoms with van der Waals surface area (Å²) in [5.41, 5.74) is 6.66. The van der Waals surface area contributed by atoms with Crippen molar-refractivity contribution in [3.05, 3.63) is 130 Å². The summed E-state index contributed by atoms with van der Waals surface area (Å²) in [5.74, 6) is 0.441. The summed E-state index contributed by atoms with van der Waals surface area (Å²) in [6, 6.07) is 28.6. The lowest BCUT2D eigenvalue weighted by molar-refractivity contribution is -0.614. The number of piperidine rings is 1. The Bertz CT molecular complexity index is 1550. The second-order valence-corrected chi connectivity index (χ2v) is 10.5. The first-order valence-corrected chi connectivity index (χ1v) is 13.6. The van der Waals surface area contributed by atoms with Gasteiger partial charge >= 0.3 is 0 Å². The molecule has 3 aromatic carbocycles. The summed E-state index contributed by atoms with van der Waals surface area (Å²) in [5, 5.41) is 29.3. The van der Waals surface area contributed by atoms with Crippen LogP contribution in [-0.4, -0.2) is 33.3 Å². The molecule has 0 radical (unpaired) electrons. The highest BCUT2D eigenvalue weighted by atomic mass is 35.5. The number of pyridine rings is 1. The molecule has 0 saturated carbocycles. The van der Waals surface area contributed by atoms with Crippen LogP contribution >= 0.6 is 11.6 Å². The fraction of sp³-hybridized carbons (Fsp3) is 0.226. The summed E-state index contributed by atoms with van der Waals surface area (Å²) in [4.78, 5) is 0. The molecule has 0 amide bonds. The standard InChI is InChI=1S/C31H29ClN6O/c32-27-10-12-30(37-21-34-35-36-37)29(19-27)26-9-11-31(38(39)20-26)28(17-22-5-2-1-3-6-22)25-8-4-7-24(18-25)23-13-15-33-16-14-23/h1-12,18-21,23,28,33H,13-17H2. The number of halogens is 1. The van der Waals surface area contributed by atoms with E-state index >= 15 is 0 Å². The quantitative estimate of drug-likeness (QED) is 0.221. The molecule has 0 spiro atoms. The molecule has 7 nitrogen and oxygen atoms in total. The van der Waals surface area contributed by atoms with Crippen LogP contribution in [-0.2, 0) is 6.42 Å². The van der Waals surface area contributed by atoms with Gasteiger partial charge in [-0.2, -0.15) is 9.41 Å². The summed E-state index contributed by atoms with van der Waals surface area (Å²) < 4.78 is 2.57. The number of benzene rings is 3. The van der Waals surface area contributed by atoms with E-state index in [4.69, 9.17) is 11.6 Å². The Morgan fingerprint density at radius 2 is 1.82 bits per heavy atom. The van der Waals surface area contributed by atoms with Gasteiger partial charge in [-0.05, 0) is 89.7 Å². The third-order valence-electron chi connectivity index (χ3n) is 7.57. The number of hydrogen-bond donors (Lipinski definition) is 1. The molecule has 0 aliphatic carbocycles. The third-order valence-corrected chi connectivity index (χ3v) is 7.81. The van der Waals surface area contributed by atoms with Crippen molar-refractivity contribution >= 4 is 11.6 Å². The molecule has 5 aromatic rings. The van der Waals surface area contributed by atoms with Gasteiger partial charge in [0, 0.05) is 22.2 Å². The molecular weight excluding hydrogens is 508 g/mol. The van der Waals surface area contributed by atoms with E-state index in [0.29, 0.717) is 16.6 Å². The SMILES string of the molecule is [O-][n+]1cc(-c2cc(Cl)ccc2-n2cnnn2)ccc1C(Cc1ccccc1)c1cccc(C2CCNCC2)c1. The van der Waals surface area contributed by atoms with Crippen LogP contribution in [0, 0.1) is 5.21 Å². The van der Waals surface area contributed by atoms with E-state index in [9.17, 15) is 5.21 Å². The molecule has 8 heteroatoms.